The van der Waals surface area contributed by atoms with Crippen molar-refractivity contribution in [1.29, 1.82) is 0 Å². The number of rotatable bonds is 16. The van der Waals surface area contributed by atoms with Crippen molar-refractivity contribution in [2.24, 2.45) is 0 Å². The van der Waals surface area contributed by atoms with Crippen LogP contribution in [0.25, 0.3) is 0 Å². The van der Waals surface area contributed by atoms with Crippen LogP contribution in [0.15, 0.2) is 0 Å². The summed E-state index contributed by atoms with van der Waals surface area (Å²) in [5, 5.41) is 0. The van der Waals surface area contributed by atoms with Gasteiger partial charge in [-0.15, -0.1) is 0 Å². The molecule has 0 aromatic heterocycles. The van der Waals surface area contributed by atoms with E-state index in [1.165, 1.54) is 64.2 Å². The van der Waals surface area contributed by atoms with Crippen LogP contribution in [-0.4, -0.2) is 72.9 Å². The van der Waals surface area contributed by atoms with E-state index in [2.05, 4.69) is 15.3 Å². The van der Waals surface area contributed by atoms with Crippen LogP contribution in [-0.2, 0) is 23.6 Å². The average Bonchev–Trinajstić information content (AvgIpc) is 2.51. The van der Waals surface area contributed by atoms with Gasteiger partial charge in [-0.1, -0.05) is 84.0 Å². The van der Waals surface area contributed by atoms with Gasteiger partial charge < -0.3 is 4.18 Å². The molecular formula is C17H35KO5S. The van der Waals surface area contributed by atoms with Crippen molar-refractivity contribution in [1.82, 2.24) is 0 Å². The topological polar surface area (TPSA) is 69.7 Å². The van der Waals surface area contributed by atoms with Crippen LogP contribution in [0.1, 0.15) is 96.8 Å². The van der Waals surface area contributed by atoms with Gasteiger partial charge in [0, 0.05) is 6.42 Å². The monoisotopic (exact) mass is 390 g/mol. The normalized spacial score (nSPS) is 11.1. The van der Waals surface area contributed by atoms with Gasteiger partial charge in [-0.05, 0) is 6.42 Å². The van der Waals surface area contributed by atoms with E-state index in [0.717, 1.165) is 20.0 Å². The first-order valence-electron chi connectivity index (χ1n) is 9.04. The zero-order valence-corrected chi connectivity index (χ0v) is 15.7. The molecule has 0 aromatic rings. The fraction of sp³-hybridized carbons (Fsp3) is 0.941. The Kier molecular flexibility index (Phi) is 21.3. The first-order chi connectivity index (χ1) is 11.0. The average molecular weight is 391 g/mol. The van der Waals surface area contributed by atoms with E-state index in [9.17, 15) is 13.2 Å². The number of hydrogen-bond donors (Lipinski definition) is 0. The summed E-state index contributed by atoms with van der Waals surface area (Å²) in [5.41, 5.74) is 0. The van der Waals surface area contributed by atoms with Crippen LogP contribution in [0.5, 0.6) is 0 Å². The molecule has 0 rings (SSSR count). The second kappa shape index (κ2) is 18.8. The standard InChI is InChI=1S/C17H34O5S.K.H/c1-3-4-5-6-7-8-9-10-11-12-13-14-15-16-17(18)22-23(19,20)21-2;;/h3-16H2,1-2H3;;. The molecule has 0 unspecified atom stereocenters. The first-order valence-corrected chi connectivity index (χ1v) is 10.4. The molecule has 0 atom stereocenters. The minimum absolute atomic E-state index is 0. The summed E-state index contributed by atoms with van der Waals surface area (Å²) in [5.74, 6) is -0.741. The van der Waals surface area contributed by atoms with Crippen molar-refractivity contribution >= 4 is 67.8 Å². The van der Waals surface area contributed by atoms with Crippen LogP contribution in [0.4, 0.5) is 0 Å². The van der Waals surface area contributed by atoms with Gasteiger partial charge in [0.25, 0.3) is 0 Å². The van der Waals surface area contributed by atoms with Crippen LogP contribution < -0.4 is 0 Å². The maximum absolute atomic E-state index is 11.2. The summed E-state index contributed by atoms with van der Waals surface area (Å²) < 4.78 is 30.0. The fourth-order valence-electron chi connectivity index (χ4n) is 2.48. The van der Waals surface area contributed by atoms with Crippen molar-refractivity contribution in [2.75, 3.05) is 7.11 Å². The van der Waals surface area contributed by atoms with Gasteiger partial charge in [0.05, 0.1) is 7.11 Å². The summed E-state index contributed by atoms with van der Waals surface area (Å²) in [4.78, 5) is 11.2. The minimum atomic E-state index is -4.14. The Morgan fingerprint density at radius 3 is 1.50 bits per heavy atom. The molecule has 0 fully saturated rings. The molecule has 0 aliphatic rings. The van der Waals surface area contributed by atoms with E-state index in [1.807, 2.05) is 0 Å². The van der Waals surface area contributed by atoms with Gasteiger partial charge in [-0.2, -0.15) is 8.42 Å². The van der Waals surface area contributed by atoms with E-state index >= 15 is 0 Å². The molecule has 7 heteroatoms. The summed E-state index contributed by atoms with van der Waals surface area (Å²) in [6.07, 6.45) is 16.0. The number of carbonyl (C=O) groups excluding carboxylic acids is 1. The number of unbranched alkanes of at least 4 members (excludes halogenated alkanes) is 12. The Labute approximate surface area is 191 Å². The van der Waals surface area contributed by atoms with Gasteiger partial charge in [0.15, 0.2) is 0 Å². The molecule has 0 aromatic carbocycles. The SMILES string of the molecule is CCCCCCCCCCCCCCCC(=O)OS(=O)(=O)OC.[KH]. The molecule has 0 saturated heterocycles. The van der Waals surface area contributed by atoms with Gasteiger partial charge in [-0.3, -0.25) is 4.79 Å². The summed E-state index contributed by atoms with van der Waals surface area (Å²) in [6, 6.07) is 0. The van der Waals surface area contributed by atoms with E-state index in [1.54, 1.807) is 0 Å². The molecule has 0 N–H and O–H groups in total. The van der Waals surface area contributed by atoms with Crippen molar-refractivity contribution in [2.45, 2.75) is 96.8 Å². The molecule has 24 heavy (non-hydrogen) atoms. The zero-order valence-electron chi connectivity index (χ0n) is 14.8. The Balaban J connectivity index is 0. The molecule has 0 saturated carbocycles. The Hall–Kier alpha value is 1.02. The predicted octanol–water partition coefficient (Wildman–Crippen LogP) is 4.25. The maximum atomic E-state index is 11.2. The van der Waals surface area contributed by atoms with Gasteiger partial charge >= 0.3 is 67.8 Å². The second-order valence-electron chi connectivity index (χ2n) is 6.02. The van der Waals surface area contributed by atoms with E-state index in [-0.39, 0.29) is 57.8 Å². The van der Waals surface area contributed by atoms with Crippen molar-refractivity contribution < 1.29 is 21.6 Å². The first kappa shape index (κ1) is 27.2. The van der Waals surface area contributed by atoms with E-state index in [0.29, 0.717) is 6.42 Å². The van der Waals surface area contributed by atoms with Crippen molar-refractivity contribution in [3.05, 3.63) is 0 Å². The van der Waals surface area contributed by atoms with Gasteiger partial charge in [-0.25, -0.2) is 4.18 Å². The summed E-state index contributed by atoms with van der Waals surface area (Å²) >= 11 is 0. The molecule has 0 radical (unpaired) electrons. The van der Waals surface area contributed by atoms with E-state index in [4.69, 9.17) is 0 Å². The van der Waals surface area contributed by atoms with Gasteiger partial charge in [0.1, 0.15) is 0 Å². The van der Waals surface area contributed by atoms with Gasteiger partial charge in [0.2, 0.25) is 0 Å². The number of hydrogen-bond acceptors (Lipinski definition) is 5. The molecule has 0 spiro atoms. The van der Waals surface area contributed by atoms with Crippen molar-refractivity contribution in [3.63, 3.8) is 0 Å². The fourth-order valence-corrected chi connectivity index (χ4v) is 2.86. The predicted molar refractivity (Wildman–Crippen MR) is 99.5 cm³/mol. The Morgan fingerprint density at radius 2 is 1.12 bits per heavy atom. The third kappa shape index (κ3) is 19.3. The molecule has 0 aliphatic carbocycles. The molecule has 0 aliphatic heterocycles. The van der Waals surface area contributed by atoms with Crippen LogP contribution >= 0.6 is 0 Å². The third-order valence-corrected chi connectivity index (χ3v) is 4.68. The Morgan fingerprint density at radius 1 is 0.750 bits per heavy atom. The third-order valence-electron chi connectivity index (χ3n) is 3.88. The quantitative estimate of drug-likeness (QED) is 0.291. The molecular weight excluding hydrogens is 355 g/mol. The second-order valence-corrected chi connectivity index (χ2v) is 7.34. The molecule has 140 valence electrons. The van der Waals surface area contributed by atoms with Crippen LogP contribution in [0.3, 0.4) is 0 Å². The molecule has 0 heterocycles. The Bertz CT molecular complexity index is 384. The zero-order chi connectivity index (χ0) is 17.4. The van der Waals surface area contributed by atoms with E-state index < -0.39 is 16.4 Å². The molecule has 5 nitrogen and oxygen atoms in total. The summed E-state index contributed by atoms with van der Waals surface area (Å²) in [6.45, 7) is 2.24. The molecule has 0 bridgehead atoms. The summed E-state index contributed by atoms with van der Waals surface area (Å²) in [7, 11) is -3.17. The number of carbonyl (C=O) groups is 1. The van der Waals surface area contributed by atoms with Crippen LogP contribution in [0, 0.1) is 0 Å². The van der Waals surface area contributed by atoms with Crippen LogP contribution in [0.2, 0.25) is 0 Å². The van der Waals surface area contributed by atoms with Crippen molar-refractivity contribution in [3.8, 4) is 0 Å². The molecule has 0 amide bonds.